The summed E-state index contributed by atoms with van der Waals surface area (Å²) >= 11 is 0. The molecule has 2 rings (SSSR count). The van der Waals surface area contributed by atoms with Gasteiger partial charge in [-0.1, -0.05) is 24.3 Å². The molecule has 2 aromatic carbocycles. The van der Waals surface area contributed by atoms with E-state index in [1.165, 1.54) is 37.3 Å². The number of carbonyl (C=O) groups is 2. The standard InChI is InChI=1S/2C8H8NO3.Cu/c2*1-12-7-5-3-2-4-6(7)8(10)9-11;/h2*2-5H,1H3,(H-,9,10,11);/q2*-1;+2. The van der Waals surface area contributed by atoms with Crippen molar-refractivity contribution in [2.45, 2.75) is 0 Å². The van der Waals surface area contributed by atoms with Gasteiger partial charge in [-0.3, -0.25) is 9.59 Å². The normalized spacial score (nSPS) is 8.80. The summed E-state index contributed by atoms with van der Waals surface area (Å²) in [6, 6.07) is 13.0. The van der Waals surface area contributed by atoms with Crippen LogP contribution in [0.15, 0.2) is 48.5 Å². The van der Waals surface area contributed by atoms with Gasteiger partial charge in [-0.05, 0) is 24.3 Å². The molecule has 0 aliphatic carbocycles. The minimum Gasteiger partial charge on any atom is -0.759 e. The van der Waals surface area contributed by atoms with Gasteiger partial charge in [0.25, 0.3) is 0 Å². The zero-order valence-electron chi connectivity index (χ0n) is 13.4. The van der Waals surface area contributed by atoms with Crippen molar-refractivity contribution in [2.75, 3.05) is 14.2 Å². The van der Waals surface area contributed by atoms with Crippen molar-refractivity contribution >= 4 is 11.8 Å². The third kappa shape index (κ3) is 6.44. The molecule has 8 nitrogen and oxygen atoms in total. The van der Waals surface area contributed by atoms with E-state index in [0.717, 1.165) is 0 Å². The second-order valence-electron chi connectivity index (χ2n) is 4.26. The van der Waals surface area contributed by atoms with E-state index in [1.807, 2.05) is 0 Å². The van der Waals surface area contributed by atoms with Crippen LogP contribution in [0.4, 0.5) is 0 Å². The van der Waals surface area contributed by atoms with Gasteiger partial charge in [-0.15, -0.1) is 0 Å². The third-order valence-electron chi connectivity index (χ3n) is 2.89. The molecule has 0 heterocycles. The number of para-hydroxylation sites is 2. The topological polar surface area (TPSA) is 123 Å². The molecule has 25 heavy (non-hydrogen) atoms. The second-order valence-corrected chi connectivity index (χ2v) is 4.26. The Labute approximate surface area is 155 Å². The van der Waals surface area contributed by atoms with Crippen molar-refractivity contribution in [1.29, 1.82) is 0 Å². The van der Waals surface area contributed by atoms with Crippen molar-refractivity contribution in [2.24, 2.45) is 0 Å². The Morgan fingerprint density at radius 2 is 1.08 bits per heavy atom. The molecule has 0 saturated carbocycles. The number of ether oxygens (including phenoxy) is 2. The molecule has 0 fully saturated rings. The summed E-state index contributed by atoms with van der Waals surface area (Å²) in [6.07, 6.45) is 0. The third-order valence-corrected chi connectivity index (χ3v) is 2.89. The molecule has 0 aliphatic rings. The molecule has 0 aromatic heterocycles. The number of hydrogen-bond donors (Lipinski definition) is 2. The van der Waals surface area contributed by atoms with Crippen molar-refractivity contribution in [3.63, 3.8) is 0 Å². The van der Waals surface area contributed by atoms with Gasteiger partial charge in [-0.2, -0.15) is 0 Å². The number of amides is 2. The first-order chi connectivity index (χ1) is 11.6. The number of hydroxylamine groups is 2. The smallest absolute Gasteiger partial charge is 0.759 e. The van der Waals surface area contributed by atoms with Gasteiger partial charge in [0.1, 0.15) is 11.5 Å². The largest absolute Gasteiger partial charge is 2.00 e. The first kappa shape index (κ1) is 22.4. The summed E-state index contributed by atoms with van der Waals surface area (Å²) in [5.41, 5.74) is 3.06. The Kier molecular flexibility index (Phi) is 10.7. The fraction of sp³-hybridized carbons (Fsp3) is 0.125. The molecule has 2 N–H and O–H groups in total. The van der Waals surface area contributed by atoms with Crippen LogP contribution >= 0.6 is 0 Å². The number of nitrogens with one attached hydrogen (secondary N) is 2. The van der Waals surface area contributed by atoms with Crippen LogP contribution in [0, 0.1) is 10.4 Å². The summed E-state index contributed by atoms with van der Waals surface area (Å²) in [5.74, 6) is -0.586. The summed E-state index contributed by atoms with van der Waals surface area (Å²) < 4.78 is 9.74. The molecule has 1 radical (unpaired) electrons. The van der Waals surface area contributed by atoms with Crippen LogP contribution in [0.2, 0.25) is 0 Å². The Bertz CT molecular complexity index is 636. The van der Waals surface area contributed by atoms with E-state index in [4.69, 9.17) is 9.47 Å². The average Bonchev–Trinajstić information content (AvgIpc) is 2.67. The summed E-state index contributed by atoms with van der Waals surface area (Å²) in [4.78, 5) is 21.8. The average molecular weight is 396 g/mol. The van der Waals surface area contributed by atoms with Gasteiger partial charge in [0.2, 0.25) is 11.8 Å². The first-order valence-electron chi connectivity index (χ1n) is 6.70. The molecule has 2 amide bonds. The molecule has 2 aromatic rings. The molecule has 0 unspecified atom stereocenters. The summed E-state index contributed by atoms with van der Waals surface area (Å²) in [6.45, 7) is 0. The van der Waals surface area contributed by atoms with Gasteiger partial charge in [0.05, 0.1) is 25.3 Å². The van der Waals surface area contributed by atoms with E-state index in [-0.39, 0.29) is 28.2 Å². The minimum absolute atomic E-state index is 0. The van der Waals surface area contributed by atoms with Crippen molar-refractivity contribution in [1.82, 2.24) is 11.0 Å². The van der Waals surface area contributed by atoms with Gasteiger partial charge in [-0.25, -0.2) is 0 Å². The summed E-state index contributed by atoms with van der Waals surface area (Å²) in [7, 11) is 2.88. The van der Waals surface area contributed by atoms with E-state index in [9.17, 15) is 20.0 Å². The molecule has 0 saturated heterocycles. The van der Waals surface area contributed by atoms with E-state index in [1.54, 1.807) is 36.4 Å². The first-order valence-corrected chi connectivity index (χ1v) is 6.70. The van der Waals surface area contributed by atoms with Crippen molar-refractivity contribution in [3.8, 4) is 11.5 Å². The predicted octanol–water partition coefficient (Wildman–Crippen LogP) is 1.84. The Hall–Kier alpha value is -2.58. The fourth-order valence-corrected chi connectivity index (χ4v) is 1.77. The maximum absolute atomic E-state index is 10.9. The molecule has 0 aliphatic heterocycles. The van der Waals surface area contributed by atoms with Gasteiger partial charge >= 0.3 is 17.1 Å². The van der Waals surface area contributed by atoms with Gasteiger partial charge in [0, 0.05) is 0 Å². The van der Waals surface area contributed by atoms with E-state index >= 15 is 0 Å². The number of hydrogen-bond acceptors (Lipinski definition) is 6. The monoisotopic (exact) mass is 395 g/mol. The van der Waals surface area contributed by atoms with Crippen LogP contribution in [-0.4, -0.2) is 26.0 Å². The molecular formula is C16H16CuN2O6. The minimum atomic E-state index is -0.688. The van der Waals surface area contributed by atoms with Crippen molar-refractivity contribution in [3.05, 3.63) is 70.1 Å². The van der Waals surface area contributed by atoms with Crippen LogP contribution in [0.5, 0.6) is 11.5 Å². The SMILES string of the molecule is COc1ccccc1C(=O)N[O-].COc1ccccc1C(=O)N[O-].[Cu+2]. The van der Waals surface area contributed by atoms with Crippen LogP contribution in [0.3, 0.4) is 0 Å². The van der Waals surface area contributed by atoms with E-state index in [0.29, 0.717) is 11.5 Å². The van der Waals surface area contributed by atoms with Crippen LogP contribution in [-0.2, 0) is 17.1 Å². The molecule has 0 bridgehead atoms. The number of benzene rings is 2. The quantitative estimate of drug-likeness (QED) is 0.601. The second kappa shape index (κ2) is 11.9. The Morgan fingerprint density at radius 3 is 1.36 bits per heavy atom. The van der Waals surface area contributed by atoms with E-state index in [2.05, 4.69) is 0 Å². The summed E-state index contributed by atoms with van der Waals surface area (Å²) in [5, 5.41) is 20.1. The predicted molar refractivity (Wildman–Crippen MR) is 87.7 cm³/mol. The Balaban J connectivity index is 0.000000443. The Morgan fingerprint density at radius 1 is 0.760 bits per heavy atom. The molecule has 0 spiro atoms. The number of carbonyl (C=O) groups excluding carboxylic acids is 2. The van der Waals surface area contributed by atoms with Crippen LogP contribution in [0.1, 0.15) is 20.7 Å². The molecule has 9 heteroatoms. The maximum atomic E-state index is 10.9. The zero-order valence-corrected chi connectivity index (χ0v) is 14.3. The van der Waals surface area contributed by atoms with Crippen molar-refractivity contribution < 1.29 is 36.1 Å². The molecule has 137 valence electrons. The zero-order chi connectivity index (χ0) is 17.9. The number of methoxy groups -OCH3 is 2. The molecular weight excluding hydrogens is 380 g/mol. The van der Waals surface area contributed by atoms with Crippen LogP contribution in [0.25, 0.3) is 0 Å². The maximum Gasteiger partial charge on any atom is 2.00 e. The van der Waals surface area contributed by atoms with E-state index < -0.39 is 11.8 Å². The van der Waals surface area contributed by atoms with Gasteiger partial charge in [0.15, 0.2) is 0 Å². The molecule has 0 atom stereocenters. The fourth-order valence-electron chi connectivity index (χ4n) is 1.77. The van der Waals surface area contributed by atoms with Gasteiger partial charge < -0.3 is 30.8 Å². The van der Waals surface area contributed by atoms with Crippen LogP contribution < -0.4 is 20.4 Å². The number of rotatable bonds is 4.